The average Bonchev–Trinajstić information content (AvgIpc) is 2.71. The fourth-order valence-corrected chi connectivity index (χ4v) is 3.45. The fourth-order valence-electron chi connectivity index (χ4n) is 1.33. The monoisotopic (exact) mass is 311 g/mol. The number of nitrogens with zero attached hydrogens (tertiary/aromatic N) is 3. The first-order chi connectivity index (χ1) is 9.36. The molecule has 104 valence electrons. The Kier molecular flexibility index (Phi) is 3.86. The Hall–Kier alpha value is -2.20. The molecule has 0 spiro atoms. The second kappa shape index (κ2) is 5.43. The highest BCUT2D eigenvalue weighted by Gasteiger charge is 2.22. The summed E-state index contributed by atoms with van der Waals surface area (Å²) in [6.07, 6.45) is 0. The quantitative estimate of drug-likeness (QED) is 0.378. The van der Waals surface area contributed by atoms with Gasteiger partial charge in [0.05, 0.1) is 9.80 Å². The van der Waals surface area contributed by atoms with Crippen LogP contribution < -0.4 is 11.5 Å². The number of carbonyl (C=O) groups is 1. The SMILES string of the molecule is CC(=O)c1cc([N+](=O)[O-])c(Sc2nc(N)cc(N)n2)s1. The maximum Gasteiger partial charge on any atom is 0.294 e. The van der Waals surface area contributed by atoms with Crippen LogP contribution in [0.1, 0.15) is 16.6 Å². The number of nitrogens with two attached hydrogens (primary N) is 2. The van der Waals surface area contributed by atoms with Gasteiger partial charge >= 0.3 is 0 Å². The zero-order valence-electron chi connectivity index (χ0n) is 10.2. The summed E-state index contributed by atoms with van der Waals surface area (Å²) < 4.78 is 0.310. The van der Waals surface area contributed by atoms with Gasteiger partial charge in [-0.1, -0.05) is 0 Å². The Morgan fingerprint density at radius 1 is 1.35 bits per heavy atom. The lowest BCUT2D eigenvalue weighted by molar-refractivity contribution is -0.387. The van der Waals surface area contributed by atoms with E-state index in [4.69, 9.17) is 11.5 Å². The van der Waals surface area contributed by atoms with E-state index in [9.17, 15) is 14.9 Å². The maximum atomic E-state index is 11.3. The van der Waals surface area contributed by atoms with Crippen molar-refractivity contribution >= 4 is 46.2 Å². The molecule has 0 atom stereocenters. The number of anilines is 2. The molecule has 0 aliphatic heterocycles. The lowest BCUT2D eigenvalue weighted by Crippen LogP contribution is -1.99. The number of aromatic nitrogens is 2. The Labute approximate surface area is 121 Å². The Balaban J connectivity index is 2.41. The average molecular weight is 311 g/mol. The van der Waals surface area contributed by atoms with Crippen molar-refractivity contribution in [3.8, 4) is 0 Å². The molecule has 10 heteroatoms. The summed E-state index contributed by atoms with van der Waals surface area (Å²) >= 11 is 1.96. The molecule has 0 aliphatic carbocycles. The Morgan fingerprint density at radius 2 is 1.95 bits per heavy atom. The number of Topliss-reactive ketones (excluding diaryl/α,β-unsaturated/α-hetero) is 1. The van der Waals surface area contributed by atoms with Crippen LogP contribution in [0.3, 0.4) is 0 Å². The van der Waals surface area contributed by atoms with Gasteiger partial charge in [0.2, 0.25) is 0 Å². The normalized spacial score (nSPS) is 10.4. The lowest BCUT2D eigenvalue weighted by atomic mass is 10.3. The molecule has 2 aromatic rings. The molecule has 0 radical (unpaired) electrons. The minimum atomic E-state index is -0.555. The van der Waals surface area contributed by atoms with Crippen LogP contribution in [-0.2, 0) is 0 Å². The van der Waals surface area contributed by atoms with Gasteiger partial charge in [-0.25, -0.2) is 9.97 Å². The minimum Gasteiger partial charge on any atom is -0.383 e. The summed E-state index contributed by atoms with van der Waals surface area (Å²) in [5, 5.41) is 11.2. The number of thiophene rings is 1. The van der Waals surface area contributed by atoms with Crippen LogP contribution in [-0.4, -0.2) is 20.7 Å². The molecule has 0 amide bonds. The summed E-state index contributed by atoms with van der Waals surface area (Å²) in [6.45, 7) is 1.35. The number of nitro groups is 1. The molecule has 0 fully saturated rings. The molecule has 20 heavy (non-hydrogen) atoms. The third-order valence-corrected chi connectivity index (χ3v) is 4.43. The molecule has 0 unspecified atom stereocenters. The first-order valence-corrected chi connectivity index (χ1v) is 6.87. The first-order valence-electron chi connectivity index (χ1n) is 5.24. The highest BCUT2D eigenvalue weighted by molar-refractivity contribution is 8.01. The van der Waals surface area contributed by atoms with Crippen LogP contribution >= 0.6 is 23.1 Å². The van der Waals surface area contributed by atoms with Crippen LogP contribution in [0.15, 0.2) is 21.5 Å². The standard InChI is InChI=1S/C10H9N5O3S2/c1-4(16)6-2-5(15(17)18)9(19-6)20-10-13-7(11)3-8(12)14-10/h2-3H,1H3,(H4,11,12,13,14). The van der Waals surface area contributed by atoms with Gasteiger partial charge in [0.25, 0.3) is 5.69 Å². The zero-order chi connectivity index (χ0) is 14.9. The van der Waals surface area contributed by atoms with Gasteiger partial charge in [-0.05, 0) is 18.7 Å². The minimum absolute atomic E-state index is 0.158. The predicted octanol–water partition coefficient (Wildman–Crippen LogP) is 1.96. The number of ketones is 1. The highest BCUT2D eigenvalue weighted by atomic mass is 32.2. The van der Waals surface area contributed by atoms with E-state index < -0.39 is 4.92 Å². The van der Waals surface area contributed by atoms with Crippen molar-refractivity contribution in [2.45, 2.75) is 16.3 Å². The predicted molar refractivity (Wildman–Crippen MR) is 76.0 cm³/mol. The van der Waals surface area contributed by atoms with Gasteiger partial charge in [0, 0.05) is 12.1 Å². The number of rotatable bonds is 4. The van der Waals surface area contributed by atoms with Crippen LogP contribution in [0.2, 0.25) is 0 Å². The van der Waals surface area contributed by atoms with Crippen LogP contribution in [0.25, 0.3) is 0 Å². The van der Waals surface area contributed by atoms with Crippen LogP contribution in [0.4, 0.5) is 17.3 Å². The van der Waals surface area contributed by atoms with Crippen molar-refractivity contribution in [2.24, 2.45) is 0 Å². The second-order valence-electron chi connectivity index (χ2n) is 3.70. The van der Waals surface area contributed by atoms with E-state index in [0.717, 1.165) is 23.1 Å². The van der Waals surface area contributed by atoms with E-state index in [1.54, 1.807) is 0 Å². The molecule has 4 N–H and O–H groups in total. The first kappa shape index (κ1) is 14.2. The topological polar surface area (TPSA) is 138 Å². The van der Waals surface area contributed by atoms with E-state index in [1.807, 2.05) is 0 Å². The largest absolute Gasteiger partial charge is 0.383 e. The third-order valence-electron chi connectivity index (χ3n) is 2.15. The summed E-state index contributed by atoms with van der Waals surface area (Å²) in [5.41, 5.74) is 10.9. The molecule has 0 saturated heterocycles. The summed E-state index contributed by atoms with van der Waals surface area (Å²) in [7, 11) is 0. The molecule has 0 aromatic carbocycles. The van der Waals surface area contributed by atoms with Crippen molar-refractivity contribution in [1.82, 2.24) is 9.97 Å². The molecule has 0 aliphatic rings. The molecule has 2 heterocycles. The maximum absolute atomic E-state index is 11.3. The molecule has 2 aromatic heterocycles. The smallest absolute Gasteiger partial charge is 0.294 e. The zero-order valence-corrected chi connectivity index (χ0v) is 11.8. The highest BCUT2D eigenvalue weighted by Crippen LogP contribution is 2.40. The molecular weight excluding hydrogens is 302 g/mol. The lowest BCUT2D eigenvalue weighted by Gasteiger charge is -2.00. The summed E-state index contributed by atoms with van der Waals surface area (Å²) in [4.78, 5) is 29.9. The van der Waals surface area contributed by atoms with E-state index in [-0.39, 0.29) is 28.3 Å². The van der Waals surface area contributed by atoms with E-state index in [1.165, 1.54) is 19.1 Å². The Bertz CT molecular complexity index is 680. The van der Waals surface area contributed by atoms with Gasteiger partial charge in [-0.3, -0.25) is 14.9 Å². The number of hydrogen-bond acceptors (Lipinski definition) is 9. The van der Waals surface area contributed by atoms with Gasteiger partial charge in [-0.15, -0.1) is 11.3 Å². The van der Waals surface area contributed by atoms with Gasteiger partial charge in [-0.2, -0.15) is 0 Å². The second-order valence-corrected chi connectivity index (χ2v) is 5.99. The molecule has 0 bridgehead atoms. The molecule has 0 saturated carbocycles. The summed E-state index contributed by atoms with van der Waals surface area (Å²) in [5.74, 6) is 0.106. The fraction of sp³-hybridized carbons (Fsp3) is 0.100. The molecule has 8 nitrogen and oxygen atoms in total. The van der Waals surface area contributed by atoms with E-state index in [2.05, 4.69) is 9.97 Å². The number of nitrogen functional groups attached to an aromatic ring is 2. The van der Waals surface area contributed by atoms with Crippen LogP contribution in [0, 0.1) is 10.1 Å². The van der Waals surface area contributed by atoms with E-state index >= 15 is 0 Å². The van der Waals surface area contributed by atoms with Crippen molar-refractivity contribution in [3.63, 3.8) is 0 Å². The molecule has 2 rings (SSSR count). The summed E-state index contributed by atoms with van der Waals surface area (Å²) in [6, 6.07) is 2.62. The number of hydrogen-bond donors (Lipinski definition) is 2. The van der Waals surface area contributed by atoms with Gasteiger partial charge < -0.3 is 11.5 Å². The van der Waals surface area contributed by atoms with Gasteiger partial charge in [0.1, 0.15) is 15.8 Å². The van der Waals surface area contributed by atoms with Crippen molar-refractivity contribution in [2.75, 3.05) is 11.5 Å². The van der Waals surface area contributed by atoms with Crippen molar-refractivity contribution in [3.05, 3.63) is 27.1 Å². The van der Waals surface area contributed by atoms with Crippen molar-refractivity contribution in [1.29, 1.82) is 0 Å². The van der Waals surface area contributed by atoms with Crippen molar-refractivity contribution < 1.29 is 9.72 Å². The molecular formula is C10H9N5O3S2. The van der Waals surface area contributed by atoms with Gasteiger partial charge in [0.15, 0.2) is 10.9 Å². The Morgan fingerprint density at radius 3 is 2.45 bits per heavy atom. The van der Waals surface area contributed by atoms with Crippen LogP contribution in [0.5, 0.6) is 0 Å². The third kappa shape index (κ3) is 3.03. The number of carbonyl (C=O) groups excluding carboxylic acids is 1. The van der Waals surface area contributed by atoms with E-state index in [0.29, 0.717) is 9.09 Å².